The molecule has 1 heterocycles. The molecule has 3 aromatic rings. The zero-order valence-corrected chi connectivity index (χ0v) is 14.2. The molecule has 0 bridgehead atoms. The summed E-state index contributed by atoms with van der Waals surface area (Å²) < 4.78 is 13.5. The van der Waals surface area contributed by atoms with Gasteiger partial charge in [0.2, 0.25) is 5.91 Å². The summed E-state index contributed by atoms with van der Waals surface area (Å²) in [5.74, 6) is 0.635. The summed E-state index contributed by atoms with van der Waals surface area (Å²) in [6.07, 6.45) is 4.26. The summed E-state index contributed by atoms with van der Waals surface area (Å²) in [7, 11) is 0. The number of nitrogens with one attached hydrogen (secondary N) is 2. The van der Waals surface area contributed by atoms with Crippen LogP contribution in [0, 0.1) is 11.7 Å². The predicted molar refractivity (Wildman–Crippen MR) is 99.5 cm³/mol. The quantitative estimate of drug-likeness (QED) is 0.710. The number of aromatic nitrogens is 2. The molecule has 4 rings (SSSR count). The monoisotopic (exact) mass is 350 g/mol. The molecule has 1 aromatic heterocycles. The van der Waals surface area contributed by atoms with E-state index in [0.29, 0.717) is 23.3 Å². The van der Waals surface area contributed by atoms with Gasteiger partial charge in [0.25, 0.3) is 0 Å². The number of nitrogens with zero attached hydrogens (tertiary/aromatic N) is 2. The minimum atomic E-state index is -0.306. The van der Waals surface area contributed by atoms with Crippen molar-refractivity contribution >= 4 is 28.3 Å². The van der Waals surface area contributed by atoms with Crippen LogP contribution in [0.5, 0.6) is 0 Å². The molecule has 1 fully saturated rings. The van der Waals surface area contributed by atoms with Crippen molar-refractivity contribution < 1.29 is 9.18 Å². The second kappa shape index (κ2) is 7.07. The Bertz CT molecular complexity index is 938. The largest absolute Gasteiger partial charge is 0.369 e. The number of hydrogen-bond acceptors (Lipinski definition) is 4. The summed E-state index contributed by atoms with van der Waals surface area (Å²) in [6, 6.07) is 12.3. The maximum Gasteiger partial charge on any atom is 0.227 e. The van der Waals surface area contributed by atoms with Crippen molar-refractivity contribution in [3.05, 3.63) is 60.2 Å². The smallest absolute Gasteiger partial charge is 0.227 e. The molecule has 1 amide bonds. The van der Waals surface area contributed by atoms with E-state index in [0.717, 1.165) is 30.5 Å². The molecule has 1 aliphatic rings. The molecular weight excluding hydrogens is 331 g/mol. The first-order valence-electron chi connectivity index (χ1n) is 8.73. The minimum absolute atomic E-state index is 0.113. The number of fused-ring (bicyclic) bond motifs is 1. The molecule has 0 unspecified atom stereocenters. The highest BCUT2D eigenvalue weighted by atomic mass is 19.1. The van der Waals surface area contributed by atoms with Crippen molar-refractivity contribution in [1.82, 2.24) is 9.97 Å². The third-order valence-electron chi connectivity index (χ3n) is 4.47. The van der Waals surface area contributed by atoms with E-state index in [1.807, 2.05) is 24.3 Å². The Hall–Kier alpha value is -3.02. The fourth-order valence-electron chi connectivity index (χ4n) is 2.84. The highest BCUT2D eigenvalue weighted by Crippen LogP contribution is 2.30. The first-order valence-corrected chi connectivity index (χ1v) is 8.73. The first-order chi connectivity index (χ1) is 12.7. The maximum atomic E-state index is 13.5. The van der Waals surface area contributed by atoms with Crippen molar-refractivity contribution in [1.29, 1.82) is 0 Å². The van der Waals surface area contributed by atoms with Gasteiger partial charge in [0.05, 0.1) is 5.52 Å². The van der Waals surface area contributed by atoms with Gasteiger partial charge < -0.3 is 10.6 Å². The van der Waals surface area contributed by atoms with Gasteiger partial charge in [0.15, 0.2) is 0 Å². The number of anilines is 2. The predicted octanol–water partition coefficient (Wildman–Crippen LogP) is 3.77. The van der Waals surface area contributed by atoms with Crippen molar-refractivity contribution in [2.75, 3.05) is 17.2 Å². The van der Waals surface area contributed by atoms with Crippen LogP contribution >= 0.6 is 0 Å². The van der Waals surface area contributed by atoms with Gasteiger partial charge in [-0.2, -0.15) is 0 Å². The van der Waals surface area contributed by atoms with Gasteiger partial charge in [-0.25, -0.2) is 14.4 Å². The van der Waals surface area contributed by atoms with Gasteiger partial charge in [-0.15, -0.1) is 0 Å². The van der Waals surface area contributed by atoms with E-state index in [1.165, 1.54) is 18.5 Å². The highest BCUT2D eigenvalue weighted by molar-refractivity contribution is 5.94. The summed E-state index contributed by atoms with van der Waals surface area (Å²) >= 11 is 0. The number of amides is 1. The molecule has 2 aromatic carbocycles. The van der Waals surface area contributed by atoms with Crippen LogP contribution in [0.2, 0.25) is 0 Å². The van der Waals surface area contributed by atoms with Gasteiger partial charge >= 0.3 is 0 Å². The topological polar surface area (TPSA) is 66.9 Å². The third kappa shape index (κ3) is 3.79. The van der Waals surface area contributed by atoms with Gasteiger partial charge in [-0.3, -0.25) is 4.79 Å². The molecule has 0 atom stereocenters. The van der Waals surface area contributed by atoms with Crippen LogP contribution < -0.4 is 10.6 Å². The average molecular weight is 350 g/mol. The van der Waals surface area contributed by atoms with Gasteiger partial charge in [0.1, 0.15) is 18.0 Å². The number of carbonyl (C=O) groups is 1. The minimum Gasteiger partial charge on any atom is -0.369 e. The van der Waals surface area contributed by atoms with Crippen LogP contribution in [0.1, 0.15) is 18.4 Å². The molecule has 2 N–H and O–H groups in total. The van der Waals surface area contributed by atoms with Crippen LogP contribution in [-0.2, 0) is 11.2 Å². The SMILES string of the molecule is O=C(Nc1ccc(CCNc2ncnc3ccc(F)cc23)cc1)C1CC1. The molecule has 1 aliphatic carbocycles. The van der Waals surface area contributed by atoms with E-state index in [9.17, 15) is 9.18 Å². The van der Waals surface area contributed by atoms with Crippen LogP contribution in [0.25, 0.3) is 10.9 Å². The molecule has 0 radical (unpaired) electrons. The summed E-state index contributed by atoms with van der Waals surface area (Å²) in [6.45, 7) is 0.663. The molecule has 0 aliphatic heterocycles. The Morgan fingerprint density at radius 1 is 1.12 bits per heavy atom. The maximum absolute atomic E-state index is 13.5. The summed E-state index contributed by atoms with van der Waals surface area (Å²) in [4.78, 5) is 20.1. The number of halogens is 1. The normalized spacial score (nSPS) is 13.6. The standard InChI is InChI=1S/C20H19FN4O/c21-15-5-8-18-17(11-15)19(24-12-23-18)22-10-9-13-1-6-16(7-2-13)25-20(26)14-3-4-14/h1-2,5-8,11-12,14H,3-4,9-10H2,(H,25,26)(H,22,23,24). The fourth-order valence-corrected chi connectivity index (χ4v) is 2.84. The van der Waals surface area contributed by atoms with E-state index >= 15 is 0 Å². The van der Waals surface area contributed by atoms with Crippen LogP contribution in [0.3, 0.4) is 0 Å². The van der Waals surface area contributed by atoms with Crippen molar-refractivity contribution in [2.45, 2.75) is 19.3 Å². The molecular formula is C20H19FN4O. The Morgan fingerprint density at radius 2 is 1.92 bits per heavy atom. The van der Waals surface area contributed by atoms with E-state index in [2.05, 4.69) is 20.6 Å². The first kappa shape index (κ1) is 16.4. The van der Waals surface area contributed by atoms with Crippen molar-refractivity contribution in [2.24, 2.45) is 5.92 Å². The highest BCUT2D eigenvalue weighted by Gasteiger charge is 2.29. The Balaban J connectivity index is 1.36. The lowest BCUT2D eigenvalue weighted by Gasteiger charge is -2.09. The molecule has 0 saturated heterocycles. The molecule has 132 valence electrons. The molecule has 0 spiro atoms. The van der Waals surface area contributed by atoms with Crippen LogP contribution in [-0.4, -0.2) is 22.4 Å². The molecule has 1 saturated carbocycles. The van der Waals surface area contributed by atoms with E-state index in [-0.39, 0.29) is 17.6 Å². The van der Waals surface area contributed by atoms with Crippen molar-refractivity contribution in [3.8, 4) is 0 Å². The van der Waals surface area contributed by atoms with Crippen LogP contribution in [0.15, 0.2) is 48.8 Å². The summed E-state index contributed by atoms with van der Waals surface area (Å²) in [5.41, 5.74) is 2.68. The van der Waals surface area contributed by atoms with Gasteiger partial charge in [-0.1, -0.05) is 12.1 Å². The van der Waals surface area contributed by atoms with Gasteiger partial charge in [0, 0.05) is 23.5 Å². The zero-order valence-electron chi connectivity index (χ0n) is 14.2. The van der Waals surface area contributed by atoms with Crippen molar-refractivity contribution in [3.63, 3.8) is 0 Å². The molecule has 6 heteroatoms. The van der Waals surface area contributed by atoms with E-state index in [1.54, 1.807) is 6.07 Å². The number of carbonyl (C=O) groups excluding carboxylic acids is 1. The fraction of sp³-hybridized carbons (Fsp3) is 0.250. The van der Waals surface area contributed by atoms with E-state index in [4.69, 9.17) is 0 Å². The lowest BCUT2D eigenvalue weighted by Crippen LogP contribution is -2.13. The molecule has 5 nitrogen and oxygen atoms in total. The Labute approximate surface area is 150 Å². The lowest BCUT2D eigenvalue weighted by molar-refractivity contribution is -0.117. The number of benzene rings is 2. The van der Waals surface area contributed by atoms with Gasteiger partial charge in [-0.05, 0) is 55.2 Å². The third-order valence-corrected chi connectivity index (χ3v) is 4.47. The average Bonchev–Trinajstić information content (AvgIpc) is 3.49. The molecule has 26 heavy (non-hydrogen) atoms. The Kier molecular flexibility index (Phi) is 4.48. The second-order valence-electron chi connectivity index (χ2n) is 6.52. The Morgan fingerprint density at radius 3 is 2.69 bits per heavy atom. The van der Waals surface area contributed by atoms with Crippen LogP contribution in [0.4, 0.5) is 15.9 Å². The number of hydrogen-bond donors (Lipinski definition) is 2. The summed E-state index contributed by atoms with van der Waals surface area (Å²) in [5, 5.41) is 6.85. The number of rotatable bonds is 6. The lowest BCUT2D eigenvalue weighted by atomic mass is 10.1. The second-order valence-corrected chi connectivity index (χ2v) is 6.52. The van der Waals surface area contributed by atoms with E-state index < -0.39 is 0 Å². The zero-order chi connectivity index (χ0) is 17.9.